The van der Waals surface area contributed by atoms with Gasteiger partial charge in [0, 0.05) is 26.2 Å². The summed E-state index contributed by atoms with van der Waals surface area (Å²) >= 11 is 6.04. The minimum atomic E-state index is -0.360. The van der Waals surface area contributed by atoms with Gasteiger partial charge >= 0.3 is 0 Å². The molecular formula is C13H20ClN5O2. The molecule has 0 aromatic carbocycles. The molecule has 0 aliphatic carbocycles. The second-order valence-corrected chi connectivity index (χ2v) is 5.92. The molecule has 3 heterocycles. The predicted octanol–water partition coefficient (Wildman–Crippen LogP) is 0.569. The molecule has 0 spiro atoms. The summed E-state index contributed by atoms with van der Waals surface area (Å²) in [4.78, 5) is 17.0. The summed E-state index contributed by atoms with van der Waals surface area (Å²) in [5, 5.41) is 10.2. The number of piperidine rings is 1. The number of morpholine rings is 1. The first kappa shape index (κ1) is 14.7. The van der Waals surface area contributed by atoms with Gasteiger partial charge in [-0.1, -0.05) is 6.92 Å². The maximum absolute atomic E-state index is 10.0. The average Bonchev–Trinajstić information content (AvgIpc) is 2.50. The Hall–Kier alpha value is -1.18. The topological polar surface area (TPSA) is 74.6 Å². The van der Waals surface area contributed by atoms with Gasteiger partial charge in [-0.05, 0) is 23.9 Å². The number of aliphatic hydroxyl groups excluding tert-OH is 1. The van der Waals surface area contributed by atoms with Crippen LogP contribution in [-0.2, 0) is 4.74 Å². The molecule has 2 aliphatic rings. The van der Waals surface area contributed by atoms with Gasteiger partial charge in [0.05, 0.1) is 19.3 Å². The van der Waals surface area contributed by atoms with Crippen LogP contribution in [0, 0.1) is 5.92 Å². The van der Waals surface area contributed by atoms with E-state index in [0.717, 1.165) is 26.1 Å². The van der Waals surface area contributed by atoms with Crippen LogP contribution >= 0.6 is 11.6 Å². The molecule has 1 aromatic rings. The van der Waals surface area contributed by atoms with Gasteiger partial charge < -0.3 is 19.6 Å². The van der Waals surface area contributed by atoms with Gasteiger partial charge in [-0.15, -0.1) is 0 Å². The lowest BCUT2D eigenvalue weighted by Gasteiger charge is -2.34. The standard InChI is InChI=1S/C13H20ClN5O2/c1-9-2-3-19(8-10(9)20)13-16-11(14)15-12(17-13)18-4-6-21-7-5-18/h9-10,20H,2-8H2,1H3. The normalized spacial score (nSPS) is 27.0. The van der Waals surface area contributed by atoms with Gasteiger partial charge in [-0.3, -0.25) is 0 Å². The van der Waals surface area contributed by atoms with E-state index in [9.17, 15) is 5.11 Å². The Labute approximate surface area is 128 Å². The molecule has 2 aliphatic heterocycles. The molecule has 116 valence electrons. The van der Waals surface area contributed by atoms with E-state index in [1.54, 1.807) is 0 Å². The van der Waals surface area contributed by atoms with Crippen molar-refractivity contribution in [3.63, 3.8) is 0 Å². The molecule has 2 fully saturated rings. The Morgan fingerprint density at radius 1 is 1.10 bits per heavy atom. The van der Waals surface area contributed by atoms with Gasteiger partial charge in [0.25, 0.3) is 0 Å². The second-order valence-electron chi connectivity index (χ2n) is 5.58. The van der Waals surface area contributed by atoms with Crippen molar-refractivity contribution in [3.05, 3.63) is 5.28 Å². The molecule has 3 rings (SSSR count). The lowest BCUT2D eigenvalue weighted by molar-refractivity contribution is 0.102. The number of ether oxygens (including phenoxy) is 1. The largest absolute Gasteiger partial charge is 0.391 e. The van der Waals surface area contributed by atoms with Crippen molar-refractivity contribution in [2.45, 2.75) is 19.4 Å². The minimum absolute atomic E-state index is 0.189. The highest BCUT2D eigenvalue weighted by atomic mass is 35.5. The Kier molecular flexibility index (Phi) is 4.42. The number of rotatable bonds is 2. The number of anilines is 2. The molecule has 0 bridgehead atoms. The zero-order chi connectivity index (χ0) is 14.8. The summed E-state index contributed by atoms with van der Waals surface area (Å²) in [6, 6.07) is 0. The van der Waals surface area contributed by atoms with E-state index in [-0.39, 0.29) is 11.4 Å². The molecule has 0 radical (unpaired) electrons. The lowest BCUT2D eigenvalue weighted by Crippen LogP contribution is -2.44. The molecular weight excluding hydrogens is 294 g/mol. The molecule has 8 heteroatoms. The predicted molar refractivity (Wildman–Crippen MR) is 79.9 cm³/mol. The van der Waals surface area contributed by atoms with E-state index in [4.69, 9.17) is 16.3 Å². The van der Waals surface area contributed by atoms with Crippen LogP contribution in [0.4, 0.5) is 11.9 Å². The van der Waals surface area contributed by atoms with E-state index < -0.39 is 0 Å². The first-order chi connectivity index (χ1) is 10.1. The number of hydrogen-bond acceptors (Lipinski definition) is 7. The number of halogens is 1. The number of hydrogen-bond donors (Lipinski definition) is 1. The molecule has 2 saturated heterocycles. The summed E-state index contributed by atoms with van der Waals surface area (Å²) in [5.74, 6) is 1.43. The van der Waals surface area contributed by atoms with E-state index in [1.807, 2.05) is 9.80 Å². The van der Waals surface area contributed by atoms with Crippen LogP contribution in [0.2, 0.25) is 5.28 Å². The van der Waals surface area contributed by atoms with Gasteiger partial charge in [0.2, 0.25) is 17.2 Å². The zero-order valence-corrected chi connectivity index (χ0v) is 12.8. The van der Waals surface area contributed by atoms with Crippen molar-refractivity contribution in [3.8, 4) is 0 Å². The van der Waals surface area contributed by atoms with Crippen molar-refractivity contribution in [1.29, 1.82) is 0 Å². The summed E-state index contributed by atoms with van der Waals surface area (Å²) in [7, 11) is 0. The van der Waals surface area contributed by atoms with Gasteiger partial charge in [0.15, 0.2) is 0 Å². The monoisotopic (exact) mass is 313 g/mol. The van der Waals surface area contributed by atoms with Crippen LogP contribution in [0.25, 0.3) is 0 Å². The van der Waals surface area contributed by atoms with Gasteiger partial charge in [-0.25, -0.2) is 0 Å². The number of nitrogens with zero attached hydrogens (tertiary/aromatic N) is 5. The molecule has 21 heavy (non-hydrogen) atoms. The van der Waals surface area contributed by atoms with Crippen LogP contribution in [0.3, 0.4) is 0 Å². The number of β-amino-alcohol motifs (C(OH)–C–C–N with tert-alkyl or cyclic N) is 1. The van der Waals surface area contributed by atoms with E-state index >= 15 is 0 Å². The molecule has 0 amide bonds. The van der Waals surface area contributed by atoms with Crippen molar-refractivity contribution >= 4 is 23.5 Å². The molecule has 7 nitrogen and oxygen atoms in total. The number of aliphatic hydroxyl groups is 1. The summed E-state index contributed by atoms with van der Waals surface area (Å²) < 4.78 is 5.33. The van der Waals surface area contributed by atoms with Crippen LogP contribution in [-0.4, -0.2) is 65.6 Å². The Balaban J connectivity index is 1.80. The smallest absolute Gasteiger partial charge is 0.231 e. The fraction of sp³-hybridized carbons (Fsp3) is 0.769. The maximum atomic E-state index is 10.0. The van der Waals surface area contributed by atoms with E-state index in [0.29, 0.717) is 37.6 Å². The van der Waals surface area contributed by atoms with Crippen LogP contribution in [0.1, 0.15) is 13.3 Å². The van der Waals surface area contributed by atoms with Crippen molar-refractivity contribution in [2.75, 3.05) is 49.2 Å². The highest BCUT2D eigenvalue weighted by molar-refractivity contribution is 6.28. The average molecular weight is 314 g/mol. The van der Waals surface area contributed by atoms with Crippen LogP contribution in [0.5, 0.6) is 0 Å². The third-order valence-corrected chi connectivity index (χ3v) is 4.25. The van der Waals surface area contributed by atoms with Crippen molar-refractivity contribution in [2.24, 2.45) is 5.92 Å². The highest BCUT2D eigenvalue weighted by Gasteiger charge is 2.27. The fourth-order valence-corrected chi connectivity index (χ4v) is 2.76. The summed E-state index contributed by atoms with van der Waals surface area (Å²) in [6.45, 7) is 6.24. The first-order valence-electron chi connectivity index (χ1n) is 7.31. The van der Waals surface area contributed by atoms with Crippen LogP contribution in [0.15, 0.2) is 0 Å². The number of aromatic nitrogens is 3. The highest BCUT2D eigenvalue weighted by Crippen LogP contribution is 2.23. The first-order valence-corrected chi connectivity index (χ1v) is 7.68. The Morgan fingerprint density at radius 3 is 2.43 bits per heavy atom. The molecule has 0 saturated carbocycles. The quantitative estimate of drug-likeness (QED) is 0.855. The Bertz CT molecular complexity index is 497. The summed E-state index contributed by atoms with van der Waals surface area (Å²) in [5.41, 5.74) is 0. The minimum Gasteiger partial charge on any atom is -0.391 e. The van der Waals surface area contributed by atoms with E-state index in [1.165, 1.54) is 0 Å². The Morgan fingerprint density at radius 2 is 1.76 bits per heavy atom. The third-order valence-electron chi connectivity index (χ3n) is 4.08. The van der Waals surface area contributed by atoms with Crippen molar-refractivity contribution < 1.29 is 9.84 Å². The fourth-order valence-electron chi connectivity index (χ4n) is 2.61. The lowest BCUT2D eigenvalue weighted by atomic mass is 9.96. The zero-order valence-electron chi connectivity index (χ0n) is 12.1. The van der Waals surface area contributed by atoms with Gasteiger partial charge in [-0.2, -0.15) is 15.0 Å². The molecule has 2 atom stereocenters. The maximum Gasteiger partial charge on any atom is 0.231 e. The molecule has 1 N–H and O–H groups in total. The van der Waals surface area contributed by atoms with Crippen molar-refractivity contribution in [1.82, 2.24) is 15.0 Å². The van der Waals surface area contributed by atoms with Crippen LogP contribution < -0.4 is 9.80 Å². The SMILES string of the molecule is CC1CCN(c2nc(Cl)nc(N3CCOCC3)n2)CC1O. The second kappa shape index (κ2) is 6.29. The molecule has 2 unspecified atom stereocenters. The summed E-state index contributed by atoms with van der Waals surface area (Å²) in [6.07, 6.45) is 0.554. The molecule has 1 aromatic heterocycles. The van der Waals surface area contributed by atoms with Gasteiger partial charge in [0.1, 0.15) is 0 Å². The van der Waals surface area contributed by atoms with E-state index in [2.05, 4.69) is 21.9 Å². The third kappa shape index (κ3) is 3.36.